The molecule has 0 saturated carbocycles. The van der Waals surface area contributed by atoms with Gasteiger partial charge in [-0.3, -0.25) is 0 Å². The molecule has 0 radical (unpaired) electrons. The van der Waals surface area contributed by atoms with Crippen LogP contribution < -0.4 is 0 Å². The summed E-state index contributed by atoms with van der Waals surface area (Å²) in [5.74, 6) is 0. The standard InChI is InChI=1S/C8H17NO.C8H19N.C2H4O/c1-9(2)7-5-3-4-6-8-10;1-5-7-9(4)8(3)6-2;1-2-3/h8H,3-7H2,1-2H3;8H,5-7H2,1-4H3;2H,1H3/t;8-;/m.1./s1. The zero-order valence-electron chi connectivity index (χ0n) is 16.1. The van der Waals surface area contributed by atoms with Crippen molar-refractivity contribution in [3.63, 3.8) is 0 Å². The Labute approximate surface area is 139 Å². The lowest BCUT2D eigenvalue weighted by Crippen LogP contribution is -2.28. The first-order chi connectivity index (χ1) is 10.4. The molecule has 0 saturated heterocycles. The molecule has 134 valence electrons. The van der Waals surface area contributed by atoms with Crippen LogP contribution in [-0.2, 0) is 9.59 Å². The summed E-state index contributed by atoms with van der Waals surface area (Å²) in [5, 5.41) is 0. The molecule has 0 N–H and O–H groups in total. The number of carbonyl (C=O) groups excluding carboxylic acids is 2. The van der Waals surface area contributed by atoms with E-state index in [1.54, 1.807) is 0 Å². The predicted molar refractivity (Wildman–Crippen MR) is 97.5 cm³/mol. The Morgan fingerprint density at radius 2 is 1.50 bits per heavy atom. The van der Waals surface area contributed by atoms with Crippen LogP contribution in [0.4, 0.5) is 0 Å². The Kier molecular flexibility index (Phi) is 26.8. The number of nitrogens with zero attached hydrogens (tertiary/aromatic N) is 2. The summed E-state index contributed by atoms with van der Waals surface area (Å²) in [7, 11) is 6.33. The maximum atomic E-state index is 9.89. The van der Waals surface area contributed by atoms with Gasteiger partial charge in [-0.05, 0) is 73.8 Å². The average Bonchev–Trinajstić information content (AvgIpc) is 2.47. The van der Waals surface area contributed by atoms with Crippen LogP contribution in [0.2, 0.25) is 0 Å². The van der Waals surface area contributed by atoms with Crippen molar-refractivity contribution in [3.05, 3.63) is 0 Å². The first kappa shape index (κ1) is 26.2. The molecule has 0 aliphatic rings. The summed E-state index contributed by atoms with van der Waals surface area (Å²) in [6.45, 7) is 10.5. The van der Waals surface area contributed by atoms with Crippen molar-refractivity contribution in [2.75, 3.05) is 34.2 Å². The molecule has 0 aromatic heterocycles. The van der Waals surface area contributed by atoms with E-state index in [2.05, 4.69) is 51.7 Å². The fourth-order valence-electron chi connectivity index (χ4n) is 1.72. The zero-order chi connectivity index (χ0) is 17.8. The van der Waals surface area contributed by atoms with Crippen LogP contribution in [-0.4, -0.2) is 62.6 Å². The second-order valence-corrected chi connectivity index (χ2v) is 5.79. The molecule has 0 rings (SSSR count). The van der Waals surface area contributed by atoms with E-state index < -0.39 is 0 Å². The number of hydrogen-bond acceptors (Lipinski definition) is 4. The second-order valence-electron chi connectivity index (χ2n) is 5.79. The largest absolute Gasteiger partial charge is 0.309 e. The van der Waals surface area contributed by atoms with E-state index in [1.165, 1.54) is 39.2 Å². The number of unbranched alkanes of at least 4 members (excludes halogenated alkanes) is 3. The van der Waals surface area contributed by atoms with Gasteiger partial charge >= 0.3 is 0 Å². The van der Waals surface area contributed by atoms with Gasteiger partial charge in [0.15, 0.2) is 0 Å². The Hall–Kier alpha value is -0.740. The monoisotopic (exact) mass is 316 g/mol. The third-order valence-electron chi connectivity index (χ3n) is 3.35. The highest BCUT2D eigenvalue weighted by Gasteiger charge is 2.03. The number of rotatable bonds is 10. The molecular weight excluding hydrogens is 276 g/mol. The van der Waals surface area contributed by atoms with Crippen LogP contribution in [0.15, 0.2) is 0 Å². The average molecular weight is 317 g/mol. The van der Waals surface area contributed by atoms with Crippen molar-refractivity contribution in [3.8, 4) is 0 Å². The third kappa shape index (κ3) is 27.6. The van der Waals surface area contributed by atoms with Crippen LogP contribution in [0, 0.1) is 0 Å². The lowest BCUT2D eigenvalue weighted by atomic mass is 10.2. The highest BCUT2D eigenvalue weighted by molar-refractivity contribution is 5.48. The molecule has 22 heavy (non-hydrogen) atoms. The van der Waals surface area contributed by atoms with Gasteiger partial charge in [-0.25, -0.2) is 0 Å². The molecule has 0 heterocycles. The molecule has 0 aromatic rings. The fourth-order valence-corrected chi connectivity index (χ4v) is 1.72. The normalized spacial score (nSPS) is 11.1. The van der Waals surface area contributed by atoms with Crippen LogP contribution in [0.5, 0.6) is 0 Å². The van der Waals surface area contributed by atoms with Crippen LogP contribution in [0.25, 0.3) is 0 Å². The Morgan fingerprint density at radius 1 is 0.955 bits per heavy atom. The summed E-state index contributed by atoms with van der Waals surface area (Å²) in [5.41, 5.74) is 0. The Morgan fingerprint density at radius 3 is 1.86 bits per heavy atom. The second kappa shape index (κ2) is 22.5. The van der Waals surface area contributed by atoms with E-state index in [0.29, 0.717) is 0 Å². The first-order valence-corrected chi connectivity index (χ1v) is 8.59. The molecule has 4 heteroatoms. The maximum Gasteiger partial charge on any atom is 0.119 e. The van der Waals surface area contributed by atoms with Gasteiger partial charge in [-0.15, -0.1) is 0 Å². The topological polar surface area (TPSA) is 40.6 Å². The molecule has 0 bridgehead atoms. The summed E-state index contributed by atoms with van der Waals surface area (Å²) in [6, 6.07) is 0.755. The summed E-state index contributed by atoms with van der Waals surface area (Å²) < 4.78 is 0. The van der Waals surface area contributed by atoms with Crippen LogP contribution >= 0.6 is 0 Å². The molecule has 0 aromatic carbocycles. The molecule has 0 unspecified atom stereocenters. The van der Waals surface area contributed by atoms with Crippen LogP contribution in [0.1, 0.15) is 66.2 Å². The van der Waals surface area contributed by atoms with Crippen molar-refractivity contribution in [1.82, 2.24) is 9.80 Å². The lowest BCUT2D eigenvalue weighted by Gasteiger charge is -2.22. The molecule has 1 atom stereocenters. The third-order valence-corrected chi connectivity index (χ3v) is 3.35. The van der Waals surface area contributed by atoms with Gasteiger partial charge in [0.05, 0.1) is 0 Å². The van der Waals surface area contributed by atoms with E-state index in [9.17, 15) is 4.79 Å². The van der Waals surface area contributed by atoms with Crippen LogP contribution in [0.3, 0.4) is 0 Å². The van der Waals surface area contributed by atoms with E-state index in [-0.39, 0.29) is 0 Å². The van der Waals surface area contributed by atoms with Crippen molar-refractivity contribution in [1.29, 1.82) is 0 Å². The Balaban J connectivity index is -0.000000279. The molecule has 0 aliphatic heterocycles. The predicted octanol–water partition coefficient (Wildman–Crippen LogP) is 3.64. The van der Waals surface area contributed by atoms with Gasteiger partial charge in [0.25, 0.3) is 0 Å². The number of hydrogen-bond donors (Lipinski definition) is 0. The van der Waals surface area contributed by atoms with E-state index >= 15 is 0 Å². The van der Waals surface area contributed by atoms with E-state index in [0.717, 1.165) is 38.0 Å². The summed E-state index contributed by atoms with van der Waals surface area (Å²) in [6.07, 6.45) is 8.44. The first-order valence-electron chi connectivity index (χ1n) is 8.59. The minimum atomic E-state index is 0.730. The van der Waals surface area contributed by atoms with Crippen molar-refractivity contribution in [2.24, 2.45) is 0 Å². The molecular formula is C18H40N2O2. The zero-order valence-corrected chi connectivity index (χ0v) is 16.1. The molecule has 0 aliphatic carbocycles. The number of carbonyl (C=O) groups is 2. The van der Waals surface area contributed by atoms with Gasteiger partial charge in [0, 0.05) is 12.5 Å². The minimum Gasteiger partial charge on any atom is -0.309 e. The van der Waals surface area contributed by atoms with Gasteiger partial charge in [0.2, 0.25) is 0 Å². The molecule has 0 fully saturated rings. The van der Waals surface area contributed by atoms with E-state index in [1.807, 2.05) is 0 Å². The van der Waals surface area contributed by atoms with Gasteiger partial charge in [0.1, 0.15) is 12.6 Å². The Bertz CT molecular complexity index is 221. The molecule has 4 nitrogen and oxygen atoms in total. The fraction of sp³-hybridized carbons (Fsp3) is 0.889. The summed E-state index contributed by atoms with van der Waals surface area (Å²) in [4.78, 5) is 23.3. The van der Waals surface area contributed by atoms with E-state index in [4.69, 9.17) is 4.79 Å². The summed E-state index contributed by atoms with van der Waals surface area (Å²) >= 11 is 0. The SMILES string of the molecule is CC=O.CCCN(C)[C@H](C)CC.CN(C)CCCCCC=O. The molecule has 0 amide bonds. The van der Waals surface area contributed by atoms with Gasteiger partial charge in [-0.1, -0.05) is 20.3 Å². The van der Waals surface area contributed by atoms with Crippen molar-refractivity contribution < 1.29 is 9.59 Å². The minimum absolute atomic E-state index is 0.730. The van der Waals surface area contributed by atoms with Crippen molar-refractivity contribution >= 4 is 12.6 Å². The lowest BCUT2D eigenvalue weighted by molar-refractivity contribution is -0.108. The maximum absolute atomic E-state index is 9.89. The van der Waals surface area contributed by atoms with Crippen molar-refractivity contribution in [2.45, 2.75) is 72.3 Å². The highest BCUT2D eigenvalue weighted by atomic mass is 16.1. The van der Waals surface area contributed by atoms with Gasteiger partial charge in [-0.2, -0.15) is 0 Å². The highest BCUT2D eigenvalue weighted by Crippen LogP contribution is 1.99. The van der Waals surface area contributed by atoms with Gasteiger partial charge < -0.3 is 19.4 Å². The quantitative estimate of drug-likeness (QED) is 0.456. The number of aldehydes is 2. The molecule has 0 spiro atoms. The smallest absolute Gasteiger partial charge is 0.119 e.